The van der Waals surface area contributed by atoms with Crippen LogP contribution in [0, 0.1) is 5.92 Å². The lowest BCUT2D eigenvalue weighted by atomic mass is 10.0. The summed E-state index contributed by atoms with van der Waals surface area (Å²) < 4.78 is 5.32. The van der Waals surface area contributed by atoms with Crippen molar-refractivity contribution in [1.82, 2.24) is 10.3 Å². The summed E-state index contributed by atoms with van der Waals surface area (Å²) in [5, 5.41) is 11.9. The summed E-state index contributed by atoms with van der Waals surface area (Å²) in [6.07, 6.45) is 3.36. The lowest BCUT2D eigenvalue weighted by molar-refractivity contribution is -0.142. The summed E-state index contributed by atoms with van der Waals surface area (Å²) in [5.74, 6) is -1.42. The molecule has 2 atom stereocenters. The number of carboxylic acid groups (broad SMARTS) is 1. The molecule has 2 N–H and O–H groups in total. The number of nitrogens with zero attached hydrogens (tertiary/aromatic N) is 1. The fraction of sp³-hybridized carbons (Fsp3) is 0.312. The maximum Gasteiger partial charge on any atom is 0.308 e. The normalized spacial score (nSPS) is 20.7. The van der Waals surface area contributed by atoms with Crippen LogP contribution < -0.4 is 5.32 Å². The molecule has 1 amide bonds. The lowest BCUT2D eigenvalue weighted by Gasteiger charge is -2.16. The van der Waals surface area contributed by atoms with Crippen LogP contribution in [0.1, 0.15) is 29.8 Å². The van der Waals surface area contributed by atoms with Crippen LogP contribution in [-0.2, 0) is 4.79 Å². The van der Waals surface area contributed by atoms with Gasteiger partial charge in [0.15, 0.2) is 5.69 Å². The third-order valence-electron chi connectivity index (χ3n) is 3.91. The van der Waals surface area contributed by atoms with Gasteiger partial charge < -0.3 is 14.8 Å². The largest absolute Gasteiger partial charge is 0.481 e. The van der Waals surface area contributed by atoms with Gasteiger partial charge in [-0.1, -0.05) is 24.6 Å². The van der Waals surface area contributed by atoms with Crippen molar-refractivity contribution < 1.29 is 19.1 Å². The molecule has 1 fully saturated rings. The number of carbonyl (C=O) groups excluding carboxylic acids is 1. The highest BCUT2D eigenvalue weighted by molar-refractivity contribution is 5.93. The van der Waals surface area contributed by atoms with E-state index in [2.05, 4.69) is 10.3 Å². The average molecular weight is 300 g/mol. The van der Waals surface area contributed by atoms with Gasteiger partial charge in [0, 0.05) is 11.6 Å². The SMILES string of the molecule is O=C(N[C@@H]1CCC[C@@H]1C(=O)O)c1coc(-c2ccccc2)n1. The Morgan fingerprint density at radius 2 is 2.00 bits per heavy atom. The van der Waals surface area contributed by atoms with Gasteiger partial charge in [-0.05, 0) is 25.0 Å². The maximum absolute atomic E-state index is 12.2. The van der Waals surface area contributed by atoms with Gasteiger partial charge in [-0.2, -0.15) is 0 Å². The number of oxazole rings is 1. The Bertz CT molecular complexity index is 680. The van der Waals surface area contributed by atoms with Gasteiger partial charge in [0.1, 0.15) is 6.26 Å². The summed E-state index contributed by atoms with van der Waals surface area (Å²) in [6, 6.07) is 8.92. The van der Waals surface area contributed by atoms with Gasteiger partial charge in [-0.25, -0.2) is 4.98 Å². The van der Waals surface area contributed by atoms with Crippen molar-refractivity contribution in [3.05, 3.63) is 42.3 Å². The smallest absolute Gasteiger partial charge is 0.308 e. The second kappa shape index (κ2) is 6.01. The predicted molar refractivity (Wildman–Crippen MR) is 78.2 cm³/mol. The molecule has 1 saturated carbocycles. The zero-order chi connectivity index (χ0) is 15.5. The number of carboxylic acids is 1. The second-order valence-corrected chi connectivity index (χ2v) is 5.36. The fourth-order valence-corrected chi connectivity index (χ4v) is 2.76. The van der Waals surface area contributed by atoms with E-state index in [9.17, 15) is 9.59 Å². The quantitative estimate of drug-likeness (QED) is 0.904. The minimum Gasteiger partial charge on any atom is -0.481 e. The molecule has 0 spiro atoms. The van der Waals surface area contributed by atoms with Crippen LogP contribution in [0.15, 0.2) is 41.0 Å². The van der Waals surface area contributed by atoms with E-state index in [0.29, 0.717) is 18.7 Å². The fourth-order valence-electron chi connectivity index (χ4n) is 2.76. The van der Waals surface area contributed by atoms with Crippen molar-refractivity contribution in [1.29, 1.82) is 0 Å². The minimum absolute atomic E-state index is 0.162. The molecule has 0 radical (unpaired) electrons. The molecule has 2 aromatic rings. The predicted octanol–water partition coefficient (Wildman–Crippen LogP) is 2.32. The van der Waals surface area contributed by atoms with Gasteiger partial charge in [-0.15, -0.1) is 0 Å². The third kappa shape index (κ3) is 2.86. The van der Waals surface area contributed by atoms with Gasteiger partial charge in [-0.3, -0.25) is 9.59 Å². The van der Waals surface area contributed by atoms with Gasteiger partial charge >= 0.3 is 5.97 Å². The van der Waals surface area contributed by atoms with Crippen LogP contribution >= 0.6 is 0 Å². The molecule has 1 aromatic carbocycles. The average Bonchev–Trinajstić information content (AvgIpc) is 3.17. The van der Waals surface area contributed by atoms with E-state index in [-0.39, 0.29) is 11.7 Å². The molecule has 0 aliphatic heterocycles. The molecule has 1 aliphatic rings. The highest BCUT2D eigenvalue weighted by atomic mass is 16.4. The van der Waals surface area contributed by atoms with Crippen molar-refractivity contribution in [2.24, 2.45) is 5.92 Å². The highest BCUT2D eigenvalue weighted by Crippen LogP contribution is 2.26. The molecule has 0 saturated heterocycles. The summed E-state index contributed by atoms with van der Waals surface area (Å²) in [6.45, 7) is 0. The summed E-state index contributed by atoms with van der Waals surface area (Å²) in [5.41, 5.74) is 0.945. The minimum atomic E-state index is -0.868. The van der Waals surface area contributed by atoms with Crippen molar-refractivity contribution in [3.8, 4) is 11.5 Å². The van der Waals surface area contributed by atoms with Crippen LogP contribution in [0.4, 0.5) is 0 Å². The Balaban J connectivity index is 1.71. The van der Waals surface area contributed by atoms with E-state index in [0.717, 1.165) is 12.0 Å². The first-order valence-electron chi connectivity index (χ1n) is 7.20. The highest BCUT2D eigenvalue weighted by Gasteiger charge is 2.34. The first-order valence-corrected chi connectivity index (χ1v) is 7.20. The molecule has 0 bridgehead atoms. The number of rotatable bonds is 4. The Morgan fingerprint density at radius 3 is 2.73 bits per heavy atom. The number of aliphatic carboxylic acids is 1. The topological polar surface area (TPSA) is 92.4 Å². The van der Waals surface area contributed by atoms with Crippen molar-refractivity contribution in [2.45, 2.75) is 25.3 Å². The van der Waals surface area contributed by atoms with Crippen LogP contribution in [0.5, 0.6) is 0 Å². The molecule has 1 heterocycles. The van der Waals surface area contributed by atoms with E-state index < -0.39 is 17.8 Å². The molecular formula is C16H16N2O4. The maximum atomic E-state index is 12.2. The zero-order valence-corrected chi connectivity index (χ0v) is 11.9. The first kappa shape index (κ1) is 14.3. The molecule has 6 heteroatoms. The monoisotopic (exact) mass is 300 g/mol. The molecule has 114 valence electrons. The number of benzene rings is 1. The lowest BCUT2D eigenvalue weighted by Crippen LogP contribution is -2.40. The van der Waals surface area contributed by atoms with E-state index in [4.69, 9.17) is 9.52 Å². The van der Waals surface area contributed by atoms with Gasteiger partial charge in [0.2, 0.25) is 5.89 Å². The van der Waals surface area contributed by atoms with Gasteiger partial charge in [0.05, 0.1) is 5.92 Å². The summed E-state index contributed by atoms with van der Waals surface area (Å²) in [4.78, 5) is 27.5. The number of carbonyl (C=O) groups is 2. The van der Waals surface area contributed by atoms with E-state index in [1.165, 1.54) is 6.26 Å². The summed E-state index contributed by atoms with van der Waals surface area (Å²) >= 11 is 0. The Morgan fingerprint density at radius 1 is 1.23 bits per heavy atom. The summed E-state index contributed by atoms with van der Waals surface area (Å²) in [7, 11) is 0. The Hall–Kier alpha value is -2.63. The number of hydrogen-bond donors (Lipinski definition) is 2. The van der Waals surface area contributed by atoms with Crippen LogP contribution in [0.3, 0.4) is 0 Å². The molecule has 0 unspecified atom stereocenters. The second-order valence-electron chi connectivity index (χ2n) is 5.36. The van der Waals surface area contributed by atoms with E-state index >= 15 is 0 Å². The zero-order valence-electron chi connectivity index (χ0n) is 11.9. The van der Waals surface area contributed by atoms with E-state index in [1.54, 1.807) is 0 Å². The van der Waals surface area contributed by atoms with E-state index in [1.807, 2.05) is 30.3 Å². The van der Waals surface area contributed by atoms with Crippen LogP contribution in [0.2, 0.25) is 0 Å². The molecule has 1 aliphatic carbocycles. The van der Waals surface area contributed by atoms with Crippen LogP contribution in [-0.4, -0.2) is 28.0 Å². The van der Waals surface area contributed by atoms with Gasteiger partial charge in [0.25, 0.3) is 5.91 Å². The van der Waals surface area contributed by atoms with Crippen molar-refractivity contribution in [3.63, 3.8) is 0 Å². The molecule has 1 aromatic heterocycles. The molecule has 3 rings (SSSR count). The number of nitrogens with one attached hydrogen (secondary N) is 1. The Kier molecular flexibility index (Phi) is 3.91. The molecule has 22 heavy (non-hydrogen) atoms. The van der Waals surface area contributed by atoms with Crippen molar-refractivity contribution in [2.75, 3.05) is 0 Å². The molecule has 6 nitrogen and oxygen atoms in total. The number of aromatic nitrogens is 1. The standard InChI is InChI=1S/C16H16N2O4/c19-14(17-12-8-4-7-11(12)16(20)21)13-9-22-15(18-13)10-5-2-1-3-6-10/h1-3,5-6,9,11-12H,4,7-8H2,(H,17,19)(H,20,21)/t11-,12+/m0/s1. The third-order valence-corrected chi connectivity index (χ3v) is 3.91. The first-order chi connectivity index (χ1) is 10.6. The number of amides is 1. The molecular weight excluding hydrogens is 284 g/mol. The van der Waals surface area contributed by atoms with Crippen molar-refractivity contribution >= 4 is 11.9 Å². The Labute approximate surface area is 127 Å². The van der Waals surface area contributed by atoms with Crippen LogP contribution in [0.25, 0.3) is 11.5 Å². The number of hydrogen-bond acceptors (Lipinski definition) is 4.